The Morgan fingerprint density at radius 3 is 2.33 bits per heavy atom. The van der Waals surface area contributed by atoms with Crippen molar-refractivity contribution in [3.63, 3.8) is 0 Å². The van der Waals surface area contributed by atoms with Crippen LogP contribution in [0, 0.1) is 11.8 Å². The van der Waals surface area contributed by atoms with Crippen LogP contribution in [0.3, 0.4) is 0 Å². The van der Waals surface area contributed by atoms with Gasteiger partial charge in [0.25, 0.3) is 0 Å². The van der Waals surface area contributed by atoms with Crippen molar-refractivity contribution in [3.05, 3.63) is 35.9 Å². The van der Waals surface area contributed by atoms with Crippen LogP contribution >= 0.6 is 0 Å². The van der Waals surface area contributed by atoms with Crippen molar-refractivity contribution in [2.24, 2.45) is 11.8 Å². The van der Waals surface area contributed by atoms with Gasteiger partial charge in [0.1, 0.15) is 0 Å². The molecule has 0 bridgehead atoms. The summed E-state index contributed by atoms with van der Waals surface area (Å²) in [5, 5.41) is 0. The van der Waals surface area contributed by atoms with Crippen LogP contribution in [-0.2, 0) is 9.59 Å². The summed E-state index contributed by atoms with van der Waals surface area (Å²) in [6.45, 7) is 7.11. The largest absolute Gasteiger partial charge is 0.342 e. The second kappa shape index (κ2) is 7.37. The maximum Gasteiger partial charge on any atom is 0.228 e. The summed E-state index contributed by atoms with van der Waals surface area (Å²) in [7, 11) is 0. The summed E-state index contributed by atoms with van der Waals surface area (Å²) in [4.78, 5) is 29.4. The van der Waals surface area contributed by atoms with Crippen molar-refractivity contribution >= 4 is 11.8 Å². The van der Waals surface area contributed by atoms with Crippen molar-refractivity contribution in [2.75, 3.05) is 26.2 Å². The van der Waals surface area contributed by atoms with Gasteiger partial charge in [-0.25, -0.2) is 0 Å². The summed E-state index contributed by atoms with van der Waals surface area (Å²) in [5.74, 6) is 0.793. The predicted octanol–water partition coefficient (Wildman–Crippen LogP) is 2.90. The summed E-state index contributed by atoms with van der Waals surface area (Å²) >= 11 is 0. The van der Waals surface area contributed by atoms with Crippen LogP contribution in [-0.4, -0.2) is 47.8 Å². The zero-order valence-electron chi connectivity index (χ0n) is 14.8. The molecule has 2 amide bonds. The molecule has 24 heavy (non-hydrogen) atoms. The van der Waals surface area contributed by atoms with E-state index < -0.39 is 0 Å². The first kappa shape index (κ1) is 17.0. The van der Waals surface area contributed by atoms with Crippen molar-refractivity contribution in [1.29, 1.82) is 0 Å². The smallest absolute Gasteiger partial charge is 0.228 e. The lowest BCUT2D eigenvalue weighted by molar-refractivity contribution is -0.135. The number of carbonyl (C=O) groups is 2. The normalized spacial score (nSPS) is 24.0. The zero-order valence-corrected chi connectivity index (χ0v) is 14.8. The Labute approximate surface area is 144 Å². The molecule has 2 aliphatic heterocycles. The fourth-order valence-electron chi connectivity index (χ4n) is 3.95. The first-order valence-corrected chi connectivity index (χ1v) is 9.17. The Bertz CT molecular complexity index is 579. The minimum absolute atomic E-state index is 0.0957. The van der Waals surface area contributed by atoms with Gasteiger partial charge in [0.2, 0.25) is 11.8 Å². The van der Waals surface area contributed by atoms with Crippen LogP contribution < -0.4 is 0 Å². The van der Waals surface area contributed by atoms with E-state index in [9.17, 15) is 9.59 Å². The van der Waals surface area contributed by atoms with Gasteiger partial charge in [0.05, 0.1) is 5.92 Å². The van der Waals surface area contributed by atoms with Crippen LogP contribution in [0.5, 0.6) is 0 Å². The molecule has 4 heteroatoms. The maximum atomic E-state index is 13.0. The zero-order chi connectivity index (χ0) is 17.1. The molecule has 2 heterocycles. The van der Waals surface area contributed by atoms with Gasteiger partial charge in [-0.05, 0) is 24.3 Å². The van der Waals surface area contributed by atoms with E-state index in [2.05, 4.69) is 26.0 Å². The van der Waals surface area contributed by atoms with Crippen molar-refractivity contribution in [2.45, 2.75) is 39.0 Å². The molecule has 130 valence electrons. The summed E-state index contributed by atoms with van der Waals surface area (Å²) in [5.41, 5.74) is 1.18. The number of hydrogen-bond acceptors (Lipinski definition) is 2. The van der Waals surface area contributed by atoms with Gasteiger partial charge in [-0.1, -0.05) is 44.2 Å². The van der Waals surface area contributed by atoms with Crippen LogP contribution in [0.25, 0.3) is 0 Å². The molecule has 0 saturated carbocycles. The first-order chi connectivity index (χ1) is 11.6. The SMILES string of the molecule is CC(C)CC(=O)N1CC(C(=O)N2CCCC2)C(c2ccccc2)C1. The molecule has 0 radical (unpaired) electrons. The number of rotatable bonds is 4. The second-order valence-electron chi connectivity index (χ2n) is 7.55. The number of likely N-dealkylation sites (tertiary alicyclic amines) is 2. The standard InChI is InChI=1S/C20H28N2O2/c1-15(2)12-19(23)22-13-17(16-8-4-3-5-9-16)18(14-22)20(24)21-10-6-7-11-21/h3-5,8-9,15,17-18H,6-7,10-14H2,1-2H3. The van der Waals surface area contributed by atoms with Gasteiger partial charge in [-0.2, -0.15) is 0 Å². The summed E-state index contributed by atoms with van der Waals surface area (Å²) < 4.78 is 0. The number of nitrogens with zero attached hydrogens (tertiary/aromatic N) is 2. The third kappa shape index (κ3) is 3.63. The maximum absolute atomic E-state index is 13.0. The highest BCUT2D eigenvalue weighted by molar-refractivity contribution is 5.83. The van der Waals surface area contributed by atoms with E-state index in [-0.39, 0.29) is 23.7 Å². The molecule has 0 aromatic heterocycles. The van der Waals surface area contributed by atoms with E-state index >= 15 is 0 Å². The van der Waals surface area contributed by atoms with Crippen LogP contribution in [0.2, 0.25) is 0 Å². The van der Waals surface area contributed by atoms with E-state index in [0.29, 0.717) is 25.4 Å². The lowest BCUT2D eigenvalue weighted by atomic mass is 9.88. The van der Waals surface area contributed by atoms with Crippen LogP contribution in [0.1, 0.15) is 44.6 Å². The molecule has 0 aliphatic carbocycles. The Morgan fingerprint density at radius 2 is 1.71 bits per heavy atom. The quantitative estimate of drug-likeness (QED) is 0.853. The lowest BCUT2D eigenvalue weighted by Crippen LogP contribution is -2.37. The minimum atomic E-state index is -0.0957. The van der Waals surface area contributed by atoms with E-state index in [4.69, 9.17) is 0 Å². The van der Waals surface area contributed by atoms with E-state index in [0.717, 1.165) is 25.9 Å². The van der Waals surface area contributed by atoms with E-state index in [1.54, 1.807) is 0 Å². The molecule has 2 atom stereocenters. The lowest BCUT2D eigenvalue weighted by Gasteiger charge is -2.23. The Morgan fingerprint density at radius 1 is 1.04 bits per heavy atom. The molecule has 1 aromatic rings. The number of hydrogen-bond donors (Lipinski definition) is 0. The van der Waals surface area contributed by atoms with Gasteiger partial charge >= 0.3 is 0 Å². The molecule has 2 fully saturated rings. The highest BCUT2D eigenvalue weighted by Crippen LogP contribution is 2.35. The highest BCUT2D eigenvalue weighted by Gasteiger charge is 2.42. The van der Waals surface area contributed by atoms with Gasteiger partial charge in [0, 0.05) is 38.5 Å². The van der Waals surface area contributed by atoms with Gasteiger partial charge in [-0.15, -0.1) is 0 Å². The fourth-order valence-corrected chi connectivity index (χ4v) is 3.95. The molecular weight excluding hydrogens is 300 g/mol. The molecule has 2 unspecified atom stereocenters. The summed E-state index contributed by atoms with van der Waals surface area (Å²) in [6.07, 6.45) is 2.76. The van der Waals surface area contributed by atoms with Gasteiger partial charge in [-0.3, -0.25) is 9.59 Å². The molecule has 0 N–H and O–H groups in total. The molecule has 2 aliphatic rings. The fraction of sp³-hybridized carbons (Fsp3) is 0.600. The molecule has 0 spiro atoms. The van der Waals surface area contributed by atoms with E-state index in [1.807, 2.05) is 28.0 Å². The minimum Gasteiger partial charge on any atom is -0.342 e. The number of amides is 2. The van der Waals surface area contributed by atoms with Crippen molar-refractivity contribution in [3.8, 4) is 0 Å². The average Bonchev–Trinajstić information content (AvgIpc) is 3.24. The monoisotopic (exact) mass is 328 g/mol. The van der Waals surface area contributed by atoms with Crippen molar-refractivity contribution in [1.82, 2.24) is 9.80 Å². The van der Waals surface area contributed by atoms with Crippen LogP contribution in [0.4, 0.5) is 0 Å². The topological polar surface area (TPSA) is 40.6 Å². The van der Waals surface area contributed by atoms with Crippen molar-refractivity contribution < 1.29 is 9.59 Å². The van der Waals surface area contributed by atoms with Gasteiger partial charge in [0.15, 0.2) is 0 Å². The predicted molar refractivity (Wildman–Crippen MR) is 94.5 cm³/mol. The molecule has 3 rings (SSSR count). The highest BCUT2D eigenvalue weighted by atomic mass is 16.2. The molecule has 1 aromatic carbocycles. The Balaban J connectivity index is 1.80. The Kier molecular flexibility index (Phi) is 5.22. The molecule has 4 nitrogen and oxygen atoms in total. The molecule has 2 saturated heterocycles. The van der Waals surface area contributed by atoms with Crippen LogP contribution in [0.15, 0.2) is 30.3 Å². The summed E-state index contributed by atoms with van der Waals surface area (Å²) in [6, 6.07) is 10.2. The second-order valence-corrected chi connectivity index (χ2v) is 7.55. The third-order valence-electron chi connectivity index (χ3n) is 5.22. The number of benzene rings is 1. The van der Waals surface area contributed by atoms with Gasteiger partial charge < -0.3 is 9.80 Å². The molecular formula is C20H28N2O2. The third-order valence-corrected chi connectivity index (χ3v) is 5.22. The number of carbonyl (C=O) groups excluding carboxylic acids is 2. The average molecular weight is 328 g/mol. The first-order valence-electron chi connectivity index (χ1n) is 9.17. The van der Waals surface area contributed by atoms with E-state index in [1.165, 1.54) is 5.56 Å². The Hall–Kier alpha value is -1.84.